The highest BCUT2D eigenvalue weighted by Crippen LogP contribution is 2.22. The van der Waals surface area contributed by atoms with Crippen molar-refractivity contribution in [3.05, 3.63) is 90.2 Å². The van der Waals surface area contributed by atoms with Gasteiger partial charge >= 0.3 is 0 Å². The molecule has 128 valence electrons. The van der Waals surface area contributed by atoms with Gasteiger partial charge in [-0.05, 0) is 29.8 Å². The van der Waals surface area contributed by atoms with Crippen LogP contribution in [0.15, 0.2) is 77.5 Å². The third-order valence-electron chi connectivity index (χ3n) is 3.91. The van der Waals surface area contributed by atoms with Crippen LogP contribution in [-0.4, -0.2) is 21.1 Å². The van der Waals surface area contributed by atoms with Gasteiger partial charge in [0.1, 0.15) is 17.9 Å². The molecule has 0 aliphatic rings. The Morgan fingerprint density at radius 3 is 2.73 bits per heavy atom. The van der Waals surface area contributed by atoms with E-state index in [-0.39, 0.29) is 11.7 Å². The molecule has 4 rings (SSSR count). The largest absolute Gasteiger partial charge is 0.451 e. The van der Waals surface area contributed by atoms with Crippen LogP contribution in [0.25, 0.3) is 11.3 Å². The van der Waals surface area contributed by atoms with E-state index in [4.69, 9.17) is 4.42 Å². The van der Waals surface area contributed by atoms with Crippen LogP contribution in [-0.2, 0) is 6.42 Å². The first-order valence-electron chi connectivity index (χ1n) is 8.18. The molecular weight excluding hydrogens is 328 g/mol. The first-order valence-corrected chi connectivity index (χ1v) is 8.18. The molecule has 0 bridgehead atoms. The SMILES string of the molecule is O=C(Nc1cccc(Cc2ncn[nH]2)c1)c1ccc(-c2ccccc2)o1. The van der Waals surface area contributed by atoms with Crippen molar-refractivity contribution in [1.82, 2.24) is 15.2 Å². The molecule has 0 spiro atoms. The van der Waals surface area contributed by atoms with E-state index >= 15 is 0 Å². The minimum absolute atomic E-state index is 0.268. The molecule has 1 amide bonds. The molecule has 0 aliphatic heterocycles. The van der Waals surface area contributed by atoms with Crippen LogP contribution < -0.4 is 5.32 Å². The highest BCUT2D eigenvalue weighted by atomic mass is 16.3. The Morgan fingerprint density at radius 1 is 1.04 bits per heavy atom. The molecule has 26 heavy (non-hydrogen) atoms. The highest BCUT2D eigenvalue weighted by molar-refractivity contribution is 6.02. The van der Waals surface area contributed by atoms with Crippen LogP contribution in [0, 0.1) is 0 Å². The second-order valence-corrected chi connectivity index (χ2v) is 5.79. The average Bonchev–Trinajstić information content (AvgIpc) is 3.35. The lowest BCUT2D eigenvalue weighted by atomic mass is 10.1. The zero-order chi connectivity index (χ0) is 17.8. The second kappa shape index (κ2) is 7.06. The normalized spacial score (nSPS) is 10.6. The van der Waals surface area contributed by atoms with E-state index in [0.29, 0.717) is 17.9 Å². The molecular formula is C20H16N4O2. The number of hydrogen-bond acceptors (Lipinski definition) is 4. The lowest BCUT2D eigenvalue weighted by molar-refractivity contribution is 0.0997. The first kappa shape index (κ1) is 15.8. The number of amides is 1. The van der Waals surface area contributed by atoms with Crippen LogP contribution >= 0.6 is 0 Å². The van der Waals surface area contributed by atoms with Crippen molar-refractivity contribution < 1.29 is 9.21 Å². The van der Waals surface area contributed by atoms with Gasteiger partial charge in [0, 0.05) is 17.7 Å². The van der Waals surface area contributed by atoms with E-state index in [0.717, 1.165) is 17.0 Å². The lowest BCUT2D eigenvalue weighted by Crippen LogP contribution is -2.11. The van der Waals surface area contributed by atoms with Crippen molar-refractivity contribution in [3.63, 3.8) is 0 Å². The standard InChI is InChI=1S/C20H16N4O2/c25-20(18-10-9-17(26-18)15-6-2-1-3-7-15)23-16-8-4-5-14(11-16)12-19-21-13-22-24-19/h1-11,13H,12H2,(H,23,25)(H,21,22,24). The molecule has 6 heteroatoms. The summed E-state index contributed by atoms with van der Waals surface area (Å²) in [5.74, 6) is 1.41. The summed E-state index contributed by atoms with van der Waals surface area (Å²) in [5.41, 5.74) is 2.65. The number of H-pyrrole nitrogens is 1. The molecule has 6 nitrogen and oxygen atoms in total. The van der Waals surface area contributed by atoms with Gasteiger partial charge in [0.05, 0.1) is 0 Å². The number of aromatic nitrogens is 3. The van der Waals surface area contributed by atoms with Gasteiger partial charge in [0.25, 0.3) is 5.91 Å². The van der Waals surface area contributed by atoms with Crippen LogP contribution in [0.5, 0.6) is 0 Å². The quantitative estimate of drug-likeness (QED) is 0.575. The monoisotopic (exact) mass is 344 g/mol. The van der Waals surface area contributed by atoms with Gasteiger partial charge in [0.2, 0.25) is 0 Å². The summed E-state index contributed by atoms with van der Waals surface area (Å²) in [7, 11) is 0. The predicted molar refractivity (Wildman–Crippen MR) is 97.7 cm³/mol. The van der Waals surface area contributed by atoms with Crippen LogP contribution in [0.4, 0.5) is 5.69 Å². The van der Waals surface area contributed by atoms with Crippen molar-refractivity contribution in [2.75, 3.05) is 5.32 Å². The summed E-state index contributed by atoms with van der Waals surface area (Å²) in [4.78, 5) is 16.6. The maximum absolute atomic E-state index is 12.5. The molecule has 2 aromatic carbocycles. The molecule has 0 unspecified atom stereocenters. The molecule has 0 atom stereocenters. The van der Waals surface area contributed by atoms with Gasteiger partial charge in [-0.15, -0.1) is 0 Å². The minimum atomic E-state index is -0.288. The summed E-state index contributed by atoms with van der Waals surface area (Å²) in [6, 6.07) is 20.7. The number of nitrogens with one attached hydrogen (secondary N) is 2. The van der Waals surface area contributed by atoms with Gasteiger partial charge in [-0.3, -0.25) is 9.89 Å². The topological polar surface area (TPSA) is 83.8 Å². The van der Waals surface area contributed by atoms with Crippen LogP contribution in [0.2, 0.25) is 0 Å². The summed E-state index contributed by atoms with van der Waals surface area (Å²) in [6.45, 7) is 0. The molecule has 0 saturated carbocycles. The smallest absolute Gasteiger partial charge is 0.291 e. The van der Waals surface area contributed by atoms with Crippen molar-refractivity contribution in [1.29, 1.82) is 0 Å². The summed E-state index contributed by atoms with van der Waals surface area (Å²) in [6.07, 6.45) is 2.09. The van der Waals surface area contributed by atoms with E-state index in [1.54, 1.807) is 12.1 Å². The minimum Gasteiger partial charge on any atom is -0.451 e. The summed E-state index contributed by atoms with van der Waals surface area (Å²) >= 11 is 0. The molecule has 0 fully saturated rings. The first-order chi connectivity index (χ1) is 12.8. The van der Waals surface area contributed by atoms with Gasteiger partial charge in [-0.2, -0.15) is 5.10 Å². The van der Waals surface area contributed by atoms with Gasteiger partial charge in [-0.1, -0.05) is 42.5 Å². The third kappa shape index (κ3) is 3.54. The lowest BCUT2D eigenvalue weighted by Gasteiger charge is -2.05. The number of aromatic amines is 1. The fourth-order valence-electron chi connectivity index (χ4n) is 2.68. The fraction of sp³-hybridized carbons (Fsp3) is 0.0500. The maximum atomic E-state index is 12.5. The number of nitrogens with zero attached hydrogens (tertiary/aromatic N) is 2. The number of anilines is 1. The zero-order valence-electron chi connectivity index (χ0n) is 13.8. The fourth-order valence-corrected chi connectivity index (χ4v) is 2.68. The Kier molecular flexibility index (Phi) is 4.30. The van der Waals surface area contributed by atoms with E-state index in [9.17, 15) is 4.79 Å². The van der Waals surface area contributed by atoms with Crippen molar-refractivity contribution >= 4 is 11.6 Å². The number of carbonyl (C=O) groups is 1. The molecule has 0 radical (unpaired) electrons. The Morgan fingerprint density at radius 2 is 1.92 bits per heavy atom. The Balaban J connectivity index is 1.47. The maximum Gasteiger partial charge on any atom is 0.291 e. The number of rotatable bonds is 5. The molecule has 2 N–H and O–H groups in total. The van der Waals surface area contributed by atoms with E-state index in [1.807, 2.05) is 54.6 Å². The van der Waals surface area contributed by atoms with Gasteiger partial charge in [0.15, 0.2) is 5.76 Å². The van der Waals surface area contributed by atoms with E-state index in [1.165, 1.54) is 6.33 Å². The predicted octanol–water partition coefficient (Wildman–Crippen LogP) is 3.91. The molecule has 0 aliphatic carbocycles. The average molecular weight is 344 g/mol. The summed E-state index contributed by atoms with van der Waals surface area (Å²) < 4.78 is 5.68. The second-order valence-electron chi connectivity index (χ2n) is 5.79. The molecule has 2 heterocycles. The molecule has 4 aromatic rings. The molecule has 0 saturated heterocycles. The number of furan rings is 1. The van der Waals surface area contributed by atoms with Crippen LogP contribution in [0.3, 0.4) is 0 Å². The third-order valence-corrected chi connectivity index (χ3v) is 3.91. The number of carbonyl (C=O) groups excluding carboxylic acids is 1. The van der Waals surface area contributed by atoms with Crippen molar-refractivity contribution in [2.24, 2.45) is 0 Å². The zero-order valence-corrected chi connectivity index (χ0v) is 13.8. The number of hydrogen-bond donors (Lipinski definition) is 2. The van der Waals surface area contributed by atoms with Crippen molar-refractivity contribution in [3.8, 4) is 11.3 Å². The molecule has 2 aromatic heterocycles. The Hall–Kier alpha value is -3.67. The van der Waals surface area contributed by atoms with Crippen LogP contribution in [0.1, 0.15) is 21.9 Å². The Labute approximate surface area is 149 Å². The number of benzene rings is 2. The van der Waals surface area contributed by atoms with E-state index < -0.39 is 0 Å². The van der Waals surface area contributed by atoms with Crippen molar-refractivity contribution in [2.45, 2.75) is 6.42 Å². The van der Waals surface area contributed by atoms with Gasteiger partial charge in [-0.25, -0.2) is 4.98 Å². The summed E-state index contributed by atoms with van der Waals surface area (Å²) in [5, 5.41) is 9.53. The van der Waals surface area contributed by atoms with E-state index in [2.05, 4.69) is 20.5 Å². The Bertz CT molecular complexity index is 1010. The highest BCUT2D eigenvalue weighted by Gasteiger charge is 2.12. The van der Waals surface area contributed by atoms with Gasteiger partial charge < -0.3 is 9.73 Å².